The number of amides is 1. The van der Waals surface area contributed by atoms with E-state index >= 15 is 0 Å². The summed E-state index contributed by atoms with van der Waals surface area (Å²) in [5.74, 6) is 0.927. The van der Waals surface area contributed by atoms with Crippen LogP contribution in [-0.4, -0.2) is 28.1 Å². The molecular formula is C20H29N5O. The number of nitrogens with one attached hydrogen (secondary N) is 2. The van der Waals surface area contributed by atoms with Crippen LogP contribution in [0.4, 0.5) is 5.82 Å². The van der Waals surface area contributed by atoms with Gasteiger partial charge in [0, 0.05) is 16.7 Å². The van der Waals surface area contributed by atoms with Crippen molar-refractivity contribution >= 4 is 18.4 Å². The van der Waals surface area contributed by atoms with Crippen LogP contribution in [0.25, 0.3) is 0 Å². The third kappa shape index (κ3) is 4.56. The second kappa shape index (κ2) is 7.81. The number of carbonyl (C=O) groups is 1. The van der Waals surface area contributed by atoms with Crippen LogP contribution in [0.15, 0.2) is 33.7 Å². The van der Waals surface area contributed by atoms with E-state index in [0.717, 1.165) is 35.4 Å². The number of carbonyl (C=O) groups excluding carboxylic acids is 1. The molecule has 0 saturated heterocycles. The highest BCUT2D eigenvalue weighted by Crippen LogP contribution is 2.36. The number of aryl methyl sites for hydroxylation is 2. The van der Waals surface area contributed by atoms with Gasteiger partial charge in [-0.15, -0.1) is 0 Å². The first-order chi connectivity index (χ1) is 12.2. The Labute approximate surface area is 155 Å². The predicted octanol–water partition coefficient (Wildman–Crippen LogP) is 3.83. The van der Waals surface area contributed by atoms with Crippen molar-refractivity contribution in [1.29, 1.82) is 0 Å². The molecule has 6 nitrogen and oxygen atoms in total. The van der Waals surface area contributed by atoms with E-state index in [0.29, 0.717) is 23.6 Å². The lowest BCUT2D eigenvalue weighted by molar-refractivity contribution is -0.112. The zero-order valence-electron chi connectivity index (χ0n) is 16.7. The van der Waals surface area contributed by atoms with Crippen molar-refractivity contribution in [2.24, 2.45) is 4.99 Å². The first kappa shape index (κ1) is 19.8. The maximum Gasteiger partial charge on any atom is 0.257 e. The molecule has 2 N–H and O–H groups in total. The molecule has 0 aromatic carbocycles. The molecule has 140 valence electrons. The molecule has 2 rings (SSSR count). The van der Waals surface area contributed by atoms with Gasteiger partial charge >= 0.3 is 0 Å². The smallest absolute Gasteiger partial charge is 0.257 e. The van der Waals surface area contributed by atoms with Crippen molar-refractivity contribution in [2.75, 3.05) is 5.32 Å². The fourth-order valence-electron chi connectivity index (χ4n) is 2.72. The van der Waals surface area contributed by atoms with Gasteiger partial charge in [0.2, 0.25) is 0 Å². The fourth-order valence-corrected chi connectivity index (χ4v) is 2.72. The highest BCUT2D eigenvalue weighted by Gasteiger charge is 2.38. The van der Waals surface area contributed by atoms with Gasteiger partial charge in [0.1, 0.15) is 5.82 Å². The van der Waals surface area contributed by atoms with Crippen LogP contribution in [0.5, 0.6) is 0 Å². The molecule has 0 aliphatic heterocycles. The molecule has 6 heteroatoms. The molecular weight excluding hydrogens is 326 g/mol. The number of nitrogens with zero attached hydrogens (tertiary/aromatic N) is 3. The van der Waals surface area contributed by atoms with Crippen molar-refractivity contribution in [3.05, 3.63) is 40.1 Å². The van der Waals surface area contributed by atoms with Gasteiger partial charge in [-0.3, -0.25) is 9.78 Å². The number of anilines is 1. The number of hydrogen-bond donors (Lipinski definition) is 2. The van der Waals surface area contributed by atoms with Crippen molar-refractivity contribution in [1.82, 2.24) is 15.3 Å². The number of aromatic nitrogens is 2. The molecule has 1 fully saturated rings. The first-order valence-electron chi connectivity index (χ1n) is 8.98. The molecule has 0 unspecified atom stereocenters. The van der Waals surface area contributed by atoms with Gasteiger partial charge in [0.05, 0.1) is 17.6 Å². The number of rotatable bonds is 7. The second-order valence-electron chi connectivity index (χ2n) is 7.28. The average molecular weight is 355 g/mol. The maximum atomic E-state index is 13.0. The van der Waals surface area contributed by atoms with E-state index in [1.54, 1.807) is 6.20 Å². The minimum Gasteiger partial charge on any atom is -0.365 e. The second-order valence-corrected chi connectivity index (χ2v) is 7.28. The molecule has 1 aliphatic rings. The van der Waals surface area contributed by atoms with E-state index in [9.17, 15) is 4.79 Å². The van der Waals surface area contributed by atoms with E-state index in [2.05, 4.69) is 39.2 Å². The molecule has 0 radical (unpaired) electrons. The standard InChI is InChI=1S/C20H29N5O/c1-8-15(18(21-7)25-20(6)9-10-20)17(12(2)3)19(26)24-16-11-22-13(4)14(5)23-16/h11,25H,7-10H2,1-6H3,(H,23,24,26)/b18-15-. The summed E-state index contributed by atoms with van der Waals surface area (Å²) in [5, 5.41) is 6.32. The Morgan fingerprint density at radius 1 is 1.31 bits per heavy atom. The molecule has 0 bridgehead atoms. The van der Waals surface area contributed by atoms with Gasteiger partial charge in [0.15, 0.2) is 5.82 Å². The Morgan fingerprint density at radius 3 is 2.42 bits per heavy atom. The number of aliphatic imine (C=N–C) groups is 1. The first-order valence-corrected chi connectivity index (χ1v) is 8.98. The van der Waals surface area contributed by atoms with Crippen LogP contribution >= 0.6 is 0 Å². The lowest BCUT2D eigenvalue weighted by Gasteiger charge is -2.20. The summed E-state index contributed by atoms with van der Waals surface area (Å²) in [4.78, 5) is 25.8. The van der Waals surface area contributed by atoms with E-state index < -0.39 is 0 Å². The third-order valence-corrected chi connectivity index (χ3v) is 4.68. The maximum absolute atomic E-state index is 13.0. The van der Waals surface area contributed by atoms with Crippen LogP contribution in [0.1, 0.15) is 58.3 Å². The molecule has 1 aromatic rings. The van der Waals surface area contributed by atoms with Gasteiger partial charge in [-0.2, -0.15) is 0 Å². The van der Waals surface area contributed by atoms with E-state index in [-0.39, 0.29) is 11.4 Å². The quantitative estimate of drug-likeness (QED) is 0.442. The van der Waals surface area contributed by atoms with Crippen molar-refractivity contribution in [2.45, 2.75) is 66.3 Å². The lowest BCUT2D eigenvalue weighted by atomic mass is 9.97. The summed E-state index contributed by atoms with van der Waals surface area (Å²) in [6, 6.07) is 0. The van der Waals surface area contributed by atoms with Crippen LogP contribution in [0.2, 0.25) is 0 Å². The van der Waals surface area contributed by atoms with Crippen LogP contribution in [0, 0.1) is 13.8 Å². The Hall–Kier alpha value is -2.50. The molecule has 1 aliphatic carbocycles. The number of allylic oxidation sites excluding steroid dienone is 1. The van der Waals surface area contributed by atoms with E-state index in [1.165, 1.54) is 0 Å². The van der Waals surface area contributed by atoms with Gasteiger partial charge in [-0.05, 0) is 60.6 Å². The highest BCUT2D eigenvalue weighted by molar-refractivity contribution is 6.07. The van der Waals surface area contributed by atoms with E-state index in [1.807, 2.05) is 34.6 Å². The Morgan fingerprint density at radius 2 is 1.96 bits per heavy atom. The Kier molecular flexibility index (Phi) is 5.95. The van der Waals surface area contributed by atoms with Gasteiger partial charge < -0.3 is 10.6 Å². The highest BCUT2D eigenvalue weighted by atomic mass is 16.1. The van der Waals surface area contributed by atoms with Gasteiger partial charge in [0.25, 0.3) is 5.91 Å². The van der Waals surface area contributed by atoms with Crippen molar-refractivity contribution in [3.8, 4) is 0 Å². The monoisotopic (exact) mass is 355 g/mol. The largest absolute Gasteiger partial charge is 0.365 e. The Bertz CT molecular complexity index is 783. The molecule has 0 spiro atoms. The molecule has 0 atom stereocenters. The summed E-state index contributed by atoms with van der Waals surface area (Å²) in [6.45, 7) is 15.5. The topological polar surface area (TPSA) is 79.3 Å². The third-order valence-electron chi connectivity index (χ3n) is 4.68. The zero-order valence-corrected chi connectivity index (χ0v) is 16.7. The van der Waals surface area contributed by atoms with E-state index in [4.69, 9.17) is 0 Å². The minimum absolute atomic E-state index is 0.0553. The van der Waals surface area contributed by atoms with Gasteiger partial charge in [-0.1, -0.05) is 12.5 Å². The molecule has 1 heterocycles. The molecule has 1 saturated carbocycles. The normalized spacial score (nSPS) is 15.6. The molecule has 1 aromatic heterocycles. The van der Waals surface area contributed by atoms with Crippen LogP contribution < -0.4 is 10.6 Å². The van der Waals surface area contributed by atoms with Crippen LogP contribution in [0.3, 0.4) is 0 Å². The Balaban J connectivity index is 2.36. The van der Waals surface area contributed by atoms with Gasteiger partial charge in [-0.25, -0.2) is 9.98 Å². The van der Waals surface area contributed by atoms with Crippen molar-refractivity contribution in [3.63, 3.8) is 0 Å². The molecule has 26 heavy (non-hydrogen) atoms. The summed E-state index contributed by atoms with van der Waals surface area (Å²) in [6.07, 6.45) is 4.44. The summed E-state index contributed by atoms with van der Waals surface area (Å²) in [5.41, 5.74) is 4.10. The molecule has 1 amide bonds. The van der Waals surface area contributed by atoms with Crippen LogP contribution in [-0.2, 0) is 4.79 Å². The lowest BCUT2D eigenvalue weighted by Crippen LogP contribution is -2.29. The SMILES string of the molecule is C=N/C(NC1(C)CC1)=C(\CC)C(C(=O)Nc1cnc(C)c(C)n1)=C(C)C. The predicted molar refractivity (Wildman–Crippen MR) is 106 cm³/mol. The summed E-state index contributed by atoms with van der Waals surface area (Å²) in [7, 11) is 0. The zero-order chi connectivity index (χ0) is 19.5. The summed E-state index contributed by atoms with van der Waals surface area (Å²) >= 11 is 0. The summed E-state index contributed by atoms with van der Waals surface area (Å²) < 4.78 is 0. The average Bonchev–Trinajstić information content (AvgIpc) is 3.30. The number of hydrogen-bond acceptors (Lipinski definition) is 5. The fraction of sp³-hybridized carbons (Fsp3) is 0.500. The minimum atomic E-state index is -0.205. The van der Waals surface area contributed by atoms with Crippen molar-refractivity contribution < 1.29 is 4.79 Å².